The summed E-state index contributed by atoms with van der Waals surface area (Å²) in [5.74, 6) is -1.50. The van der Waals surface area contributed by atoms with Gasteiger partial charge in [0.2, 0.25) is 5.91 Å². The molecule has 5 heteroatoms. The molecular formula is C13H18N2O3. The Kier molecular flexibility index (Phi) is 5.32. The predicted octanol–water partition coefficient (Wildman–Crippen LogP) is 0.456. The van der Waals surface area contributed by atoms with Crippen molar-refractivity contribution in [3.8, 4) is 0 Å². The van der Waals surface area contributed by atoms with E-state index in [1.807, 2.05) is 31.2 Å². The van der Waals surface area contributed by atoms with Crippen molar-refractivity contribution in [2.75, 3.05) is 6.54 Å². The number of carbonyl (C=O) groups excluding carboxylic acids is 1. The summed E-state index contributed by atoms with van der Waals surface area (Å²) in [7, 11) is 0. The molecule has 18 heavy (non-hydrogen) atoms. The Balaban J connectivity index is 2.32. The van der Waals surface area contributed by atoms with Crippen LogP contribution >= 0.6 is 0 Å². The summed E-state index contributed by atoms with van der Waals surface area (Å²) < 4.78 is 0. The van der Waals surface area contributed by atoms with Gasteiger partial charge in [-0.1, -0.05) is 24.3 Å². The minimum absolute atomic E-state index is 0.191. The number of hydrogen-bond donors (Lipinski definition) is 3. The van der Waals surface area contributed by atoms with Gasteiger partial charge >= 0.3 is 5.97 Å². The lowest BCUT2D eigenvalue weighted by atomic mass is 10.1. The standard InChI is InChI=1S/C13H18N2O3/c1-9-4-2-3-5-10(9)6-7-15-12(16)8-11(14)13(17)18/h2-5,11H,6-8,14H2,1H3,(H,15,16)(H,17,18). The Bertz CT molecular complexity index is 432. The number of carboxylic acid groups (broad SMARTS) is 1. The largest absolute Gasteiger partial charge is 0.480 e. The van der Waals surface area contributed by atoms with E-state index in [0.717, 1.165) is 6.42 Å². The minimum atomic E-state index is -1.16. The van der Waals surface area contributed by atoms with Gasteiger partial charge in [0.15, 0.2) is 0 Å². The first-order valence-corrected chi connectivity index (χ1v) is 5.80. The fourth-order valence-electron chi connectivity index (χ4n) is 1.59. The van der Waals surface area contributed by atoms with Crippen LogP contribution in [0.15, 0.2) is 24.3 Å². The van der Waals surface area contributed by atoms with E-state index < -0.39 is 12.0 Å². The van der Waals surface area contributed by atoms with Crippen LogP contribution in [0.3, 0.4) is 0 Å². The quantitative estimate of drug-likeness (QED) is 0.683. The number of hydrogen-bond acceptors (Lipinski definition) is 3. The van der Waals surface area contributed by atoms with Gasteiger partial charge in [-0.3, -0.25) is 9.59 Å². The fraction of sp³-hybridized carbons (Fsp3) is 0.385. The smallest absolute Gasteiger partial charge is 0.321 e. The van der Waals surface area contributed by atoms with Crippen LogP contribution in [0.25, 0.3) is 0 Å². The number of aryl methyl sites for hydroxylation is 1. The third kappa shape index (κ3) is 4.55. The lowest BCUT2D eigenvalue weighted by Crippen LogP contribution is -2.37. The maximum Gasteiger partial charge on any atom is 0.321 e. The third-order valence-electron chi connectivity index (χ3n) is 2.70. The molecule has 0 spiro atoms. The number of rotatable bonds is 6. The molecule has 0 aliphatic rings. The van der Waals surface area contributed by atoms with Gasteiger partial charge in [-0.05, 0) is 24.5 Å². The van der Waals surface area contributed by atoms with Gasteiger partial charge in [-0.2, -0.15) is 0 Å². The molecule has 1 rings (SSSR count). The molecule has 0 saturated carbocycles. The van der Waals surface area contributed by atoms with E-state index in [4.69, 9.17) is 10.8 Å². The molecule has 0 radical (unpaired) electrons. The topological polar surface area (TPSA) is 92.4 Å². The number of aliphatic carboxylic acids is 1. The molecule has 98 valence electrons. The Morgan fingerprint density at radius 2 is 2.06 bits per heavy atom. The van der Waals surface area contributed by atoms with Gasteiger partial charge in [-0.25, -0.2) is 0 Å². The van der Waals surface area contributed by atoms with Crippen LogP contribution in [0.2, 0.25) is 0 Å². The van der Waals surface area contributed by atoms with Crippen molar-refractivity contribution in [1.29, 1.82) is 0 Å². The van der Waals surface area contributed by atoms with Gasteiger partial charge in [-0.15, -0.1) is 0 Å². The van der Waals surface area contributed by atoms with Gasteiger partial charge in [0, 0.05) is 6.54 Å². The van der Waals surface area contributed by atoms with Gasteiger partial charge in [0.25, 0.3) is 0 Å². The fourth-order valence-corrected chi connectivity index (χ4v) is 1.59. The predicted molar refractivity (Wildman–Crippen MR) is 68.1 cm³/mol. The van der Waals surface area contributed by atoms with Crippen LogP contribution in [0, 0.1) is 6.92 Å². The molecule has 0 aliphatic carbocycles. The SMILES string of the molecule is Cc1ccccc1CCNC(=O)CC(N)C(=O)O. The number of amides is 1. The zero-order valence-corrected chi connectivity index (χ0v) is 10.3. The number of nitrogens with two attached hydrogens (primary N) is 1. The first kappa shape index (κ1) is 14.2. The highest BCUT2D eigenvalue weighted by Gasteiger charge is 2.15. The molecule has 1 aromatic carbocycles. The second kappa shape index (κ2) is 6.76. The van der Waals surface area contributed by atoms with E-state index in [9.17, 15) is 9.59 Å². The molecule has 1 aromatic rings. The summed E-state index contributed by atoms with van der Waals surface area (Å²) >= 11 is 0. The first-order valence-electron chi connectivity index (χ1n) is 5.80. The van der Waals surface area contributed by atoms with Gasteiger partial charge in [0.1, 0.15) is 6.04 Å². The highest BCUT2D eigenvalue weighted by Crippen LogP contribution is 2.06. The van der Waals surface area contributed by atoms with Crippen molar-refractivity contribution in [3.63, 3.8) is 0 Å². The number of nitrogens with one attached hydrogen (secondary N) is 1. The summed E-state index contributed by atoms with van der Waals surface area (Å²) in [6.45, 7) is 2.49. The molecule has 0 saturated heterocycles. The van der Waals surface area contributed by atoms with Crippen molar-refractivity contribution in [2.45, 2.75) is 25.8 Å². The zero-order valence-electron chi connectivity index (χ0n) is 10.3. The van der Waals surface area contributed by atoms with Crippen LogP contribution < -0.4 is 11.1 Å². The Morgan fingerprint density at radius 3 is 2.67 bits per heavy atom. The average Bonchev–Trinajstić information content (AvgIpc) is 2.31. The second-order valence-electron chi connectivity index (χ2n) is 4.18. The van der Waals surface area contributed by atoms with E-state index in [1.165, 1.54) is 11.1 Å². The Hall–Kier alpha value is -1.88. The summed E-state index contributed by atoms with van der Waals surface area (Å²) in [6, 6.07) is 6.79. The summed E-state index contributed by atoms with van der Waals surface area (Å²) in [6.07, 6.45) is 0.532. The molecule has 5 nitrogen and oxygen atoms in total. The van der Waals surface area contributed by atoms with Gasteiger partial charge in [0.05, 0.1) is 6.42 Å². The van der Waals surface area contributed by atoms with Crippen LogP contribution in [-0.4, -0.2) is 29.6 Å². The Labute approximate surface area is 106 Å². The number of benzene rings is 1. The molecule has 0 aliphatic heterocycles. The minimum Gasteiger partial charge on any atom is -0.480 e. The Morgan fingerprint density at radius 1 is 1.39 bits per heavy atom. The molecule has 1 atom stereocenters. The van der Waals surface area contributed by atoms with Crippen molar-refractivity contribution in [3.05, 3.63) is 35.4 Å². The van der Waals surface area contributed by atoms with E-state index >= 15 is 0 Å². The van der Waals surface area contributed by atoms with E-state index in [1.54, 1.807) is 0 Å². The van der Waals surface area contributed by atoms with Crippen molar-refractivity contribution in [1.82, 2.24) is 5.32 Å². The highest BCUT2D eigenvalue weighted by molar-refractivity contribution is 5.84. The zero-order chi connectivity index (χ0) is 13.5. The van der Waals surface area contributed by atoms with Crippen molar-refractivity contribution in [2.24, 2.45) is 5.73 Å². The van der Waals surface area contributed by atoms with Crippen LogP contribution in [0.1, 0.15) is 17.5 Å². The van der Waals surface area contributed by atoms with Gasteiger partial charge < -0.3 is 16.2 Å². The van der Waals surface area contributed by atoms with Crippen LogP contribution in [-0.2, 0) is 16.0 Å². The summed E-state index contributed by atoms with van der Waals surface area (Å²) in [4.78, 5) is 21.8. The van der Waals surface area contributed by atoms with E-state index in [2.05, 4.69) is 5.32 Å². The third-order valence-corrected chi connectivity index (χ3v) is 2.70. The highest BCUT2D eigenvalue weighted by atomic mass is 16.4. The molecule has 1 amide bonds. The summed E-state index contributed by atoms with van der Waals surface area (Å²) in [5.41, 5.74) is 7.61. The average molecular weight is 250 g/mol. The maximum atomic E-state index is 11.4. The number of carbonyl (C=O) groups is 2. The molecule has 4 N–H and O–H groups in total. The number of carboxylic acids is 1. The lowest BCUT2D eigenvalue weighted by molar-refractivity contribution is -0.140. The first-order chi connectivity index (χ1) is 8.50. The molecule has 0 heterocycles. The molecule has 0 bridgehead atoms. The maximum absolute atomic E-state index is 11.4. The molecule has 0 aromatic heterocycles. The van der Waals surface area contributed by atoms with E-state index in [0.29, 0.717) is 6.54 Å². The van der Waals surface area contributed by atoms with Crippen LogP contribution in [0.5, 0.6) is 0 Å². The lowest BCUT2D eigenvalue weighted by Gasteiger charge is -2.09. The molecule has 0 fully saturated rings. The van der Waals surface area contributed by atoms with Crippen molar-refractivity contribution >= 4 is 11.9 Å². The molecular weight excluding hydrogens is 232 g/mol. The monoisotopic (exact) mass is 250 g/mol. The van der Waals surface area contributed by atoms with E-state index in [-0.39, 0.29) is 12.3 Å². The van der Waals surface area contributed by atoms with Crippen LogP contribution in [0.4, 0.5) is 0 Å². The molecule has 1 unspecified atom stereocenters. The van der Waals surface area contributed by atoms with Crippen molar-refractivity contribution < 1.29 is 14.7 Å². The normalized spacial score (nSPS) is 11.9. The second-order valence-corrected chi connectivity index (χ2v) is 4.18. The summed E-state index contributed by atoms with van der Waals surface area (Å²) in [5, 5.41) is 11.2.